The van der Waals surface area contributed by atoms with Crippen LogP contribution in [0.25, 0.3) is 0 Å². The number of benzene rings is 1. The van der Waals surface area contributed by atoms with Gasteiger partial charge in [-0.25, -0.2) is 4.98 Å². The average Bonchev–Trinajstić information content (AvgIpc) is 3.06. The second kappa shape index (κ2) is 6.87. The SMILES string of the molecule is Cc1nsc(NC2CCN(C(=O)[C@H]3COc4ccccc4O3)CC2)n1. The highest BCUT2D eigenvalue weighted by Crippen LogP contribution is 2.31. The van der Waals surface area contributed by atoms with E-state index in [9.17, 15) is 4.79 Å². The van der Waals surface area contributed by atoms with Gasteiger partial charge in [-0.15, -0.1) is 0 Å². The lowest BCUT2D eigenvalue weighted by atomic mass is 10.0. The number of likely N-dealkylation sites (tertiary alicyclic amines) is 1. The van der Waals surface area contributed by atoms with Crippen LogP contribution in [0.3, 0.4) is 0 Å². The molecule has 3 heterocycles. The van der Waals surface area contributed by atoms with Crippen molar-refractivity contribution in [2.24, 2.45) is 0 Å². The number of hydrogen-bond acceptors (Lipinski definition) is 7. The maximum Gasteiger partial charge on any atom is 0.267 e. The summed E-state index contributed by atoms with van der Waals surface area (Å²) in [4.78, 5) is 18.9. The van der Waals surface area contributed by atoms with E-state index in [0.29, 0.717) is 30.6 Å². The maximum atomic E-state index is 12.7. The number of carbonyl (C=O) groups is 1. The van der Waals surface area contributed by atoms with Crippen LogP contribution in [0.15, 0.2) is 24.3 Å². The van der Waals surface area contributed by atoms with Crippen LogP contribution in [-0.2, 0) is 4.79 Å². The van der Waals surface area contributed by atoms with E-state index < -0.39 is 6.10 Å². The van der Waals surface area contributed by atoms with Crippen LogP contribution in [0.1, 0.15) is 18.7 Å². The summed E-state index contributed by atoms with van der Waals surface area (Å²) in [6, 6.07) is 7.76. The van der Waals surface area contributed by atoms with Crippen molar-refractivity contribution in [1.82, 2.24) is 14.3 Å². The van der Waals surface area contributed by atoms with Crippen molar-refractivity contribution in [3.05, 3.63) is 30.1 Å². The third-order valence-electron chi connectivity index (χ3n) is 4.45. The summed E-state index contributed by atoms with van der Waals surface area (Å²) in [5.74, 6) is 2.12. The lowest BCUT2D eigenvalue weighted by Gasteiger charge is -2.35. The number of fused-ring (bicyclic) bond motifs is 1. The Labute approximate surface area is 150 Å². The molecule has 8 heteroatoms. The molecule has 1 saturated heterocycles. The summed E-state index contributed by atoms with van der Waals surface area (Å²) in [6.45, 7) is 3.55. The van der Waals surface area contributed by atoms with Crippen LogP contribution in [-0.4, -0.2) is 52.0 Å². The topological polar surface area (TPSA) is 76.6 Å². The number of nitrogens with zero attached hydrogens (tertiary/aromatic N) is 3. The summed E-state index contributed by atoms with van der Waals surface area (Å²) in [5.41, 5.74) is 0. The van der Waals surface area contributed by atoms with E-state index in [0.717, 1.165) is 23.8 Å². The molecule has 0 saturated carbocycles. The predicted octanol–water partition coefficient (Wildman–Crippen LogP) is 2.09. The lowest BCUT2D eigenvalue weighted by molar-refractivity contribution is -0.142. The van der Waals surface area contributed by atoms with Gasteiger partial charge in [-0.05, 0) is 31.9 Å². The Hall–Kier alpha value is -2.35. The first-order chi connectivity index (χ1) is 12.2. The summed E-state index contributed by atoms with van der Waals surface area (Å²) in [6.07, 6.45) is 1.20. The zero-order valence-electron chi connectivity index (χ0n) is 14.0. The number of nitrogens with one attached hydrogen (secondary N) is 1. The highest BCUT2D eigenvalue weighted by atomic mass is 32.1. The highest BCUT2D eigenvalue weighted by Gasteiger charge is 2.33. The van der Waals surface area contributed by atoms with Gasteiger partial charge in [-0.2, -0.15) is 4.37 Å². The molecule has 2 aliphatic rings. The van der Waals surface area contributed by atoms with Gasteiger partial charge in [0.25, 0.3) is 5.91 Å². The van der Waals surface area contributed by atoms with Crippen LogP contribution in [0.4, 0.5) is 5.13 Å². The quantitative estimate of drug-likeness (QED) is 0.903. The van der Waals surface area contributed by atoms with E-state index in [-0.39, 0.29) is 12.5 Å². The molecular weight excluding hydrogens is 340 g/mol. The van der Waals surface area contributed by atoms with E-state index in [1.54, 1.807) is 0 Å². The third-order valence-corrected chi connectivity index (χ3v) is 5.18. The summed E-state index contributed by atoms with van der Waals surface area (Å²) < 4.78 is 15.7. The van der Waals surface area contributed by atoms with Crippen molar-refractivity contribution in [3.63, 3.8) is 0 Å². The van der Waals surface area contributed by atoms with E-state index in [2.05, 4.69) is 14.7 Å². The molecule has 7 nitrogen and oxygen atoms in total. The minimum atomic E-state index is -0.565. The van der Waals surface area contributed by atoms with Crippen molar-refractivity contribution in [3.8, 4) is 11.5 Å². The Bertz CT molecular complexity index is 758. The molecule has 1 atom stereocenters. The Kier molecular flexibility index (Phi) is 4.44. The summed E-state index contributed by atoms with van der Waals surface area (Å²) in [7, 11) is 0. The van der Waals surface area contributed by atoms with Gasteiger partial charge in [0.2, 0.25) is 11.2 Å². The molecule has 0 spiro atoms. The molecule has 25 heavy (non-hydrogen) atoms. The number of hydrogen-bond donors (Lipinski definition) is 1. The van der Waals surface area contributed by atoms with E-state index in [1.165, 1.54) is 11.5 Å². The summed E-state index contributed by atoms with van der Waals surface area (Å²) >= 11 is 1.38. The first kappa shape index (κ1) is 16.1. The molecule has 0 radical (unpaired) electrons. The smallest absolute Gasteiger partial charge is 0.267 e. The fourth-order valence-corrected chi connectivity index (χ4v) is 3.77. The number of ether oxygens (including phenoxy) is 2. The standard InChI is InChI=1S/C17H20N4O3S/c1-11-18-17(25-20-11)19-12-6-8-21(9-7-12)16(22)15-10-23-13-4-2-3-5-14(13)24-15/h2-5,12,15H,6-10H2,1H3,(H,18,19,20)/t15-/m1/s1. The Balaban J connectivity index is 1.31. The molecule has 1 amide bonds. The number of carbonyl (C=O) groups excluding carboxylic acids is 1. The minimum Gasteiger partial charge on any atom is -0.485 e. The lowest BCUT2D eigenvalue weighted by Crippen LogP contribution is -2.50. The fourth-order valence-electron chi connectivity index (χ4n) is 3.12. The zero-order chi connectivity index (χ0) is 17.2. The zero-order valence-corrected chi connectivity index (χ0v) is 14.8. The van der Waals surface area contributed by atoms with Crippen LogP contribution in [0.2, 0.25) is 0 Å². The number of rotatable bonds is 3. The molecule has 132 valence electrons. The van der Waals surface area contributed by atoms with Gasteiger partial charge < -0.3 is 19.7 Å². The molecule has 4 rings (SSSR count). The number of aromatic nitrogens is 2. The van der Waals surface area contributed by atoms with Crippen molar-refractivity contribution >= 4 is 22.6 Å². The Morgan fingerprint density at radius 1 is 1.28 bits per heavy atom. The van der Waals surface area contributed by atoms with Gasteiger partial charge >= 0.3 is 0 Å². The second-order valence-corrected chi connectivity index (χ2v) is 7.01. The van der Waals surface area contributed by atoms with Crippen molar-refractivity contribution < 1.29 is 14.3 Å². The van der Waals surface area contributed by atoms with Crippen LogP contribution in [0.5, 0.6) is 11.5 Å². The van der Waals surface area contributed by atoms with Crippen molar-refractivity contribution in [2.45, 2.75) is 31.9 Å². The van der Waals surface area contributed by atoms with Crippen LogP contribution < -0.4 is 14.8 Å². The van der Waals surface area contributed by atoms with E-state index in [1.807, 2.05) is 36.1 Å². The Morgan fingerprint density at radius 2 is 2.04 bits per heavy atom. The highest BCUT2D eigenvalue weighted by molar-refractivity contribution is 7.09. The molecular formula is C17H20N4O3S. The number of piperidine rings is 1. The largest absolute Gasteiger partial charge is 0.485 e. The minimum absolute atomic E-state index is 0.000266. The van der Waals surface area contributed by atoms with Crippen molar-refractivity contribution in [1.29, 1.82) is 0 Å². The first-order valence-corrected chi connectivity index (χ1v) is 9.20. The molecule has 2 aromatic rings. The van der Waals surface area contributed by atoms with Gasteiger partial charge in [0.15, 0.2) is 11.5 Å². The molecule has 1 fully saturated rings. The molecule has 0 aliphatic carbocycles. The van der Waals surface area contributed by atoms with Gasteiger partial charge in [0, 0.05) is 30.7 Å². The third kappa shape index (κ3) is 3.53. The molecule has 2 aliphatic heterocycles. The normalized spacial score (nSPS) is 20.4. The predicted molar refractivity (Wildman–Crippen MR) is 94.2 cm³/mol. The number of para-hydroxylation sites is 2. The van der Waals surface area contributed by atoms with Gasteiger partial charge in [0.1, 0.15) is 12.4 Å². The number of aryl methyl sites for hydroxylation is 1. The molecule has 1 aromatic carbocycles. The first-order valence-electron chi connectivity index (χ1n) is 8.43. The summed E-state index contributed by atoms with van der Waals surface area (Å²) in [5, 5.41) is 4.25. The van der Waals surface area contributed by atoms with Gasteiger partial charge in [-0.3, -0.25) is 4.79 Å². The molecule has 1 N–H and O–H groups in total. The van der Waals surface area contributed by atoms with Crippen molar-refractivity contribution in [2.75, 3.05) is 25.0 Å². The second-order valence-electron chi connectivity index (χ2n) is 6.25. The van der Waals surface area contributed by atoms with E-state index >= 15 is 0 Å². The maximum absolute atomic E-state index is 12.7. The molecule has 1 aromatic heterocycles. The van der Waals surface area contributed by atoms with Crippen LogP contribution >= 0.6 is 11.5 Å². The fraction of sp³-hybridized carbons (Fsp3) is 0.471. The van der Waals surface area contributed by atoms with Gasteiger partial charge in [0.05, 0.1) is 0 Å². The molecule has 0 bridgehead atoms. The van der Waals surface area contributed by atoms with Gasteiger partial charge in [-0.1, -0.05) is 12.1 Å². The van der Waals surface area contributed by atoms with Crippen LogP contribution in [0, 0.1) is 6.92 Å². The molecule has 0 unspecified atom stereocenters. The average molecular weight is 360 g/mol. The number of amides is 1. The Morgan fingerprint density at radius 3 is 2.76 bits per heavy atom. The number of anilines is 1. The monoisotopic (exact) mass is 360 g/mol. The van der Waals surface area contributed by atoms with E-state index in [4.69, 9.17) is 9.47 Å².